The Morgan fingerprint density at radius 1 is 1.18 bits per heavy atom. The number of benzene rings is 2. The molecule has 0 unspecified atom stereocenters. The van der Waals surface area contributed by atoms with Gasteiger partial charge in [0.1, 0.15) is 11.9 Å². The minimum atomic E-state index is -0.382. The molecule has 4 aromatic rings. The lowest BCUT2D eigenvalue weighted by Crippen LogP contribution is -2.41. The molecule has 0 amide bonds. The van der Waals surface area contributed by atoms with Crippen LogP contribution in [0.5, 0.6) is 0 Å². The lowest BCUT2D eigenvalue weighted by Gasteiger charge is -2.36. The number of halogens is 1. The van der Waals surface area contributed by atoms with E-state index in [0.29, 0.717) is 23.9 Å². The lowest BCUT2D eigenvalue weighted by molar-refractivity contribution is 0.141. The number of fused-ring (bicyclic) bond motifs is 1. The zero-order valence-electron chi connectivity index (χ0n) is 19.8. The molecule has 1 aliphatic heterocycles. The van der Waals surface area contributed by atoms with Gasteiger partial charge in [-0.1, -0.05) is 31.2 Å². The van der Waals surface area contributed by atoms with E-state index in [2.05, 4.69) is 44.5 Å². The zero-order chi connectivity index (χ0) is 23.8. The second kappa shape index (κ2) is 9.10. The molecule has 2 atom stereocenters. The van der Waals surface area contributed by atoms with E-state index in [4.69, 9.17) is 0 Å². The number of H-pyrrole nitrogens is 1. The van der Waals surface area contributed by atoms with Crippen molar-refractivity contribution in [3.63, 3.8) is 0 Å². The SMILES string of the molecule is Cc1ccc2cc([C@H](c3nnnn3Cc3ccc(F)cc3)N3CCC[C@H](C)C3)c(=O)[nH]c2c1C. The zero-order valence-corrected chi connectivity index (χ0v) is 19.8. The van der Waals surface area contributed by atoms with Gasteiger partial charge in [0.15, 0.2) is 5.82 Å². The molecule has 0 radical (unpaired) electrons. The highest BCUT2D eigenvalue weighted by molar-refractivity contribution is 5.83. The molecule has 5 rings (SSSR count). The second-order valence-electron chi connectivity index (χ2n) is 9.49. The Bertz CT molecular complexity index is 1380. The molecule has 0 aliphatic carbocycles. The Morgan fingerprint density at radius 3 is 2.74 bits per heavy atom. The number of nitrogens with one attached hydrogen (secondary N) is 1. The maximum atomic E-state index is 13.5. The summed E-state index contributed by atoms with van der Waals surface area (Å²) in [5.41, 5.74) is 4.48. The molecule has 0 spiro atoms. The topological polar surface area (TPSA) is 79.7 Å². The van der Waals surface area contributed by atoms with Crippen molar-refractivity contribution >= 4 is 10.9 Å². The fraction of sp³-hybridized carbons (Fsp3) is 0.385. The van der Waals surface area contributed by atoms with Crippen molar-refractivity contribution in [3.05, 3.63) is 86.7 Å². The van der Waals surface area contributed by atoms with E-state index in [0.717, 1.165) is 53.5 Å². The van der Waals surface area contributed by atoms with Crippen LogP contribution >= 0.6 is 0 Å². The highest BCUT2D eigenvalue weighted by Gasteiger charge is 2.33. The Labute approximate surface area is 197 Å². The molecule has 2 aromatic carbocycles. The first-order valence-corrected chi connectivity index (χ1v) is 11.8. The number of rotatable bonds is 5. The van der Waals surface area contributed by atoms with Gasteiger partial charge >= 0.3 is 0 Å². The van der Waals surface area contributed by atoms with E-state index in [1.165, 1.54) is 12.1 Å². The number of piperidine rings is 1. The van der Waals surface area contributed by atoms with E-state index in [-0.39, 0.29) is 17.4 Å². The van der Waals surface area contributed by atoms with Crippen molar-refractivity contribution in [3.8, 4) is 0 Å². The second-order valence-corrected chi connectivity index (χ2v) is 9.49. The third-order valence-electron chi connectivity index (χ3n) is 6.98. The molecule has 3 heterocycles. The summed E-state index contributed by atoms with van der Waals surface area (Å²) >= 11 is 0. The third-order valence-corrected chi connectivity index (χ3v) is 6.98. The van der Waals surface area contributed by atoms with E-state index in [9.17, 15) is 9.18 Å². The molecule has 1 N–H and O–H groups in total. The van der Waals surface area contributed by atoms with Crippen LogP contribution in [-0.4, -0.2) is 43.2 Å². The number of tetrazole rings is 1. The highest BCUT2D eigenvalue weighted by Crippen LogP contribution is 2.31. The maximum Gasteiger partial charge on any atom is 0.253 e. The maximum absolute atomic E-state index is 13.5. The Hall–Kier alpha value is -3.39. The van der Waals surface area contributed by atoms with Gasteiger partial charge < -0.3 is 4.98 Å². The van der Waals surface area contributed by atoms with Crippen LogP contribution in [0.1, 0.15) is 53.9 Å². The standard InChI is InChI=1S/C26H29FN6O/c1-16-5-4-12-32(14-16)24(22-13-20-9-6-17(2)18(3)23(20)28-26(22)34)25-29-30-31-33(25)15-19-7-10-21(27)11-8-19/h6-11,13,16,24H,4-5,12,14-15H2,1-3H3,(H,28,34)/t16-,24+/m0/s1. The van der Waals surface area contributed by atoms with Crippen LogP contribution in [-0.2, 0) is 6.54 Å². The molecular formula is C26H29FN6O. The summed E-state index contributed by atoms with van der Waals surface area (Å²) < 4.78 is 15.1. The van der Waals surface area contributed by atoms with Gasteiger partial charge in [0, 0.05) is 12.1 Å². The molecule has 176 valence electrons. The summed E-state index contributed by atoms with van der Waals surface area (Å²) in [5.74, 6) is 0.850. The van der Waals surface area contributed by atoms with Gasteiger partial charge in [-0.15, -0.1) is 5.10 Å². The first-order chi connectivity index (χ1) is 16.4. The average Bonchev–Trinajstić information content (AvgIpc) is 3.27. The van der Waals surface area contributed by atoms with Crippen molar-refractivity contribution < 1.29 is 4.39 Å². The summed E-state index contributed by atoms with van der Waals surface area (Å²) in [6.07, 6.45) is 2.22. The number of hydrogen-bond acceptors (Lipinski definition) is 5. The lowest BCUT2D eigenvalue weighted by atomic mass is 9.95. The normalized spacial score (nSPS) is 17.8. The summed E-state index contributed by atoms with van der Waals surface area (Å²) in [6.45, 7) is 8.43. The summed E-state index contributed by atoms with van der Waals surface area (Å²) in [6, 6.07) is 12.1. The quantitative estimate of drug-likeness (QED) is 0.484. The molecule has 1 saturated heterocycles. The summed E-state index contributed by atoms with van der Waals surface area (Å²) in [7, 11) is 0. The predicted molar refractivity (Wildman–Crippen MR) is 129 cm³/mol. The van der Waals surface area contributed by atoms with E-state index in [1.54, 1.807) is 16.8 Å². The fourth-order valence-electron chi connectivity index (χ4n) is 4.99. The molecular weight excluding hydrogens is 431 g/mol. The molecule has 1 aliphatic rings. The van der Waals surface area contributed by atoms with Crippen molar-refractivity contribution in [1.82, 2.24) is 30.1 Å². The average molecular weight is 461 g/mol. The number of likely N-dealkylation sites (tertiary alicyclic amines) is 1. The van der Waals surface area contributed by atoms with Gasteiger partial charge in [0.05, 0.1) is 12.1 Å². The summed E-state index contributed by atoms with van der Waals surface area (Å²) in [4.78, 5) is 18.9. The van der Waals surface area contributed by atoms with Gasteiger partial charge in [-0.2, -0.15) is 0 Å². The molecule has 7 nitrogen and oxygen atoms in total. The monoisotopic (exact) mass is 460 g/mol. The van der Waals surface area contributed by atoms with Crippen molar-refractivity contribution in [1.29, 1.82) is 0 Å². The van der Waals surface area contributed by atoms with Crippen LogP contribution in [0.2, 0.25) is 0 Å². The molecule has 1 fully saturated rings. The highest BCUT2D eigenvalue weighted by atomic mass is 19.1. The van der Waals surface area contributed by atoms with Crippen LogP contribution in [0.25, 0.3) is 10.9 Å². The number of hydrogen-bond donors (Lipinski definition) is 1. The molecule has 34 heavy (non-hydrogen) atoms. The van der Waals surface area contributed by atoms with Crippen LogP contribution in [0.3, 0.4) is 0 Å². The predicted octanol–water partition coefficient (Wildman–Crippen LogP) is 4.14. The van der Waals surface area contributed by atoms with Crippen molar-refractivity contribution in [2.75, 3.05) is 13.1 Å². The smallest absolute Gasteiger partial charge is 0.253 e. The van der Waals surface area contributed by atoms with Gasteiger partial charge in [0.2, 0.25) is 0 Å². The number of aromatic amines is 1. The fourth-order valence-corrected chi connectivity index (χ4v) is 4.99. The van der Waals surface area contributed by atoms with Crippen LogP contribution < -0.4 is 5.56 Å². The minimum absolute atomic E-state index is 0.124. The number of aryl methyl sites for hydroxylation is 2. The van der Waals surface area contributed by atoms with Crippen LogP contribution in [0.4, 0.5) is 4.39 Å². The largest absolute Gasteiger partial charge is 0.321 e. The van der Waals surface area contributed by atoms with Crippen molar-refractivity contribution in [2.45, 2.75) is 46.2 Å². The first-order valence-electron chi connectivity index (χ1n) is 11.8. The molecule has 0 bridgehead atoms. The number of aromatic nitrogens is 5. The summed E-state index contributed by atoms with van der Waals surface area (Å²) in [5, 5.41) is 13.6. The van der Waals surface area contributed by atoms with Gasteiger partial charge in [-0.05, 0) is 89.9 Å². The Morgan fingerprint density at radius 2 is 1.97 bits per heavy atom. The first kappa shape index (κ1) is 22.4. The van der Waals surface area contributed by atoms with Gasteiger partial charge in [-0.3, -0.25) is 9.69 Å². The minimum Gasteiger partial charge on any atom is -0.321 e. The molecule has 8 heteroatoms. The van der Waals surface area contributed by atoms with Gasteiger partial charge in [0.25, 0.3) is 5.56 Å². The van der Waals surface area contributed by atoms with Gasteiger partial charge in [-0.25, -0.2) is 9.07 Å². The number of nitrogens with zero attached hydrogens (tertiary/aromatic N) is 5. The third kappa shape index (κ3) is 4.25. The van der Waals surface area contributed by atoms with E-state index in [1.807, 2.05) is 19.9 Å². The molecule has 0 saturated carbocycles. The van der Waals surface area contributed by atoms with E-state index < -0.39 is 0 Å². The Kier molecular flexibility index (Phi) is 6.00. The Balaban J connectivity index is 1.63. The van der Waals surface area contributed by atoms with Crippen LogP contribution in [0, 0.1) is 25.6 Å². The van der Waals surface area contributed by atoms with E-state index >= 15 is 0 Å². The van der Waals surface area contributed by atoms with Crippen LogP contribution in [0.15, 0.2) is 47.3 Å². The number of pyridine rings is 1. The molecule has 2 aromatic heterocycles. The van der Waals surface area contributed by atoms with Crippen molar-refractivity contribution in [2.24, 2.45) is 5.92 Å².